The number of rotatable bonds is 0. The number of allylic oxidation sites excluding steroid dienone is 3. The molecule has 0 spiro atoms. The molecule has 0 radical (unpaired) electrons. The first-order valence-corrected chi connectivity index (χ1v) is 1.88. The van der Waals surface area contributed by atoms with Crippen molar-refractivity contribution >= 4 is 0 Å². The van der Waals surface area contributed by atoms with Crippen LogP contribution in [0.1, 0.15) is 6.92 Å². The molecule has 0 unspecified atom stereocenters. The van der Waals surface area contributed by atoms with E-state index in [2.05, 4.69) is 0 Å². The van der Waals surface area contributed by atoms with E-state index in [0.717, 1.165) is 5.57 Å². The Morgan fingerprint density at radius 2 is 2.00 bits per heavy atom. The molecule has 1 N–H and O–H groups in total. The monoisotopic (exact) mass is 82.0 g/mol. The summed E-state index contributed by atoms with van der Waals surface area (Å²) in [5.41, 5.74) is 0.981. The lowest BCUT2D eigenvalue weighted by Gasteiger charge is -2.03. The van der Waals surface area contributed by atoms with Crippen LogP contribution in [0.4, 0.5) is 0 Å². The van der Waals surface area contributed by atoms with E-state index in [1.807, 2.05) is 13.0 Å². The molecule has 6 heavy (non-hydrogen) atoms. The number of aliphatic hydroxyl groups is 1. The highest BCUT2D eigenvalue weighted by atomic mass is 16.3. The molecule has 1 rings (SSSR count). The first kappa shape index (κ1) is 3.47. The minimum Gasteiger partial charge on any atom is -0.508 e. The van der Waals surface area contributed by atoms with Crippen LogP contribution in [0.3, 0.4) is 0 Å². The van der Waals surface area contributed by atoms with Crippen LogP contribution >= 0.6 is 0 Å². The predicted octanol–water partition coefficient (Wildman–Crippen LogP) is 1.39. The fraction of sp³-hybridized carbons (Fsp3) is 0.200. The minimum atomic E-state index is 0.426. The molecule has 0 saturated heterocycles. The van der Waals surface area contributed by atoms with Crippen LogP contribution in [0, 0.1) is 0 Å². The third-order valence-corrected chi connectivity index (χ3v) is 0.895. The lowest BCUT2D eigenvalue weighted by Crippen LogP contribution is -1.89. The molecule has 1 heteroatoms. The molecule has 0 amide bonds. The van der Waals surface area contributed by atoms with Gasteiger partial charge in [-0.2, -0.15) is 0 Å². The molecular weight excluding hydrogens is 76.1 g/mol. The van der Waals surface area contributed by atoms with Gasteiger partial charge in [-0.1, -0.05) is 6.08 Å². The molecule has 0 bridgehead atoms. The van der Waals surface area contributed by atoms with E-state index >= 15 is 0 Å². The summed E-state index contributed by atoms with van der Waals surface area (Å²) in [6, 6.07) is 0. The SMILES string of the molecule is CC1=CC=C1O. The Hall–Kier alpha value is -0.720. The number of hydrogen-bond donors (Lipinski definition) is 1. The standard InChI is InChI=1S/C5H6O/c1-4-2-3-5(4)6/h2-3,6H,1H3. The van der Waals surface area contributed by atoms with Crippen molar-refractivity contribution in [2.45, 2.75) is 6.92 Å². The van der Waals surface area contributed by atoms with Gasteiger partial charge in [0.1, 0.15) is 5.76 Å². The third-order valence-electron chi connectivity index (χ3n) is 0.895. The zero-order valence-electron chi connectivity index (χ0n) is 3.60. The summed E-state index contributed by atoms with van der Waals surface area (Å²) in [6.07, 6.45) is 3.55. The molecule has 0 aromatic heterocycles. The maximum atomic E-state index is 8.51. The van der Waals surface area contributed by atoms with Gasteiger partial charge in [-0.25, -0.2) is 0 Å². The molecule has 0 aromatic carbocycles. The maximum absolute atomic E-state index is 8.51. The first-order chi connectivity index (χ1) is 2.80. The number of hydrogen-bond acceptors (Lipinski definition) is 1. The van der Waals surface area contributed by atoms with E-state index in [4.69, 9.17) is 5.11 Å². The second kappa shape index (κ2) is 0.869. The lowest BCUT2D eigenvalue weighted by atomic mass is 10.1. The summed E-state index contributed by atoms with van der Waals surface area (Å²) in [7, 11) is 0. The molecule has 0 aromatic rings. The quantitative estimate of drug-likeness (QED) is 0.468. The Balaban J connectivity index is 2.63. The van der Waals surface area contributed by atoms with E-state index in [-0.39, 0.29) is 0 Å². The van der Waals surface area contributed by atoms with Crippen molar-refractivity contribution in [3.63, 3.8) is 0 Å². The Bertz CT molecular complexity index is 104. The van der Waals surface area contributed by atoms with Crippen molar-refractivity contribution in [2.24, 2.45) is 0 Å². The van der Waals surface area contributed by atoms with Crippen molar-refractivity contribution in [3.8, 4) is 0 Å². The normalized spacial score (nSPS) is 18.2. The molecule has 32 valence electrons. The highest BCUT2D eigenvalue weighted by molar-refractivity contribution is 5.38. The third kappa shape index (κ3) is 0.249. The Labute approximate surface area is 36.6 Å². The minimum absolute atomic E-state index is 0.426. The summed E-state index contributed by atoms with van der Waals surface area (Å²) in [5.74, 6) is 0.426. The predicted molar refractivity (Wildman–Crippen MR) is 24.5 cm³/mol. The Morgan fingerprint density at radius 3 is 2.00 bits per heavy atom. The fourth-order valence-corrected chi connectivity index (χ4v) is 0.325. The van der Waals surface area contributed by atoms with Gasteiger partial charge >= 0.3 is 0 Å². The molecule has 0 atom stereocenters. The van der Waals surface area contributed by atoms with Gasteiger partial charge in [-0.15, -0.1) is 0 Å². The smallest absolute Gasteiger partial charge is 0.118 e. The van der Waals surface area contributed by atoms with Crippen LogP contribution in [-0.2, 0) is 0 Å². The average molecular weight is 82.1 g/mol. The Morgan fingerprint density at radius 1 is 1.50 bits per heavy atom. The van der Waals surface area contributed by atoms with Gasteiger partial charge in [0.25, 0.3) is 0 Å². The van der Waals surface area contributed by atoms with Gasteiger partial charge in [-0.3, -0.25) is 0 Å². The number of aliphatic hydroxyl groups excluding tert-OH is 1. The van der Waals surface area contributed by atoms with E-state index in [9.17, 15) is 0 Å². The van der Waals surface area contributed by atoms with Crippen molar-refractivity contribution in [1.29, 1.82) is 0 Å². The van der Waals surface area contributed by atoms with E-state index in [1.165, 1.54) is 0 Å². The maximum Gasteiger partial charge on any atom is 0.118 e. The van der Waals surface area contributed by atoms with Gasteiger partial charge in [-0.05, 0) is 18.6 Å². The molecule has 0 heterocycles. The van der Waals surface area contributed by atoms with Gasteiger partial charge in [0.15, 0.2) is 0 Å². The van der Waals surface area contributed by atoms with Crippen LogP contribution in [0.25, 0.3) is 0 Å². The van der Waals surface area contributed by atoms with Crippen molar-refractivity contribution < 1.29 is 5.11 Å². The molecule has 0 fully saturated rings. The summed E-state index contributed by atoms with van der Waals surface area (Å²) >= 11 is 0. The highest BCUT2D eigenvalue weighted by Crippen LogP contribution is 2.13. The topological polar surface area (TPSA) is 20.2 Å². The van der Waals surface area contributed by atoms with Gasteiger partial charge < -0.3 is 5.11 Å². The summed E-state index contributed by atoms with van der Waals surface area (Å²) in [4.78, 5) is 0. The second-order valence-corrected chi connectivity index (χ2v) is 1.40. The van der Waals surface area contributed by atoms with Crippen LogP contribution in [0.5, 0.6) is 0 Å². The van der Waals surface area contributed by atoms with Crippen LogP contribution in [0.15, 0.2) is 23.5 Å². The van der Waals surface area contributed by atoms with Crippen molar-refractivity contribution in [1.82, 2.24) is 0 Å². The zero-order chi connectivity index (χ0) is 4.57. The van der Waals surface area contributed by atoms with Gasteiger partial charge in [0.2, 0.25) is 0 Å². The second-order valence-electron chi connectivity index (χ2n) is 1.40. The molecule has 1 aliphatic rings. The molecule has 1 aliphatic carbocycles. The van der Waals surface area contributed by atoms with Crippen LogP contribution < -0.4 is 0 Å². The Kier molecular flexibility index (Phi) is 0.502. The first-order valence-electron chi connectivity index (χ1n) is 1.88. The largest absolute Gasteiger partial charge is 0.508 e. The molecule has 0 aliphatic heterocycles. The molecule has 0 saturated carbocycles. The van der Waals surface area contributed by atoms with E-state index in [0.29, 0.717) is 5.76 Å². The summed E-state index contributed by atoms with van der Waals surface area (Å²) in [6.45, 7) is 1.87. The highest BCUT2D eigenvalue weighted by Gasteiger charge is 1.99. The van der Waals surface area contributed by atoms with Crippen LogP contribution in [-0.4, -0.2) is 5.11 Å². The van der Waals surface area contributed by atoms with Gasteiger partial charge in [0.05, 0.1) is 0 Å². The van der Waals surface area contributed by atoms with Crippen molar-refractivity contribution in [2.75, 3.05) is 0 Å². The lowest BCUT2D eigenvalue weighted by molar-refractivity contribution is 0.417. The van der Waals surface area contributed by atoms with Crippen LogP contribution in [0.2, 0.25) is 0 Å². The van der Waals surface area contributed by atoms with E-state index < -0.39 is 0 Å². The average Bonchev–Trinajstić information content (AvgIpc) is 1.61. The summed E-state index contributed by atoms with van der Waals surface area (Å²) < 4.78 is 0. The zero-order valence-corrected chi connectivity index (χ0v) is 3.60. The van der Waals surface area contributed by atoms with Crippen molar-refractivity contribution in [3.05, 3.63) is 23.5 Å². The molecular formula is C5H6O. The van der Waals surface area contributed by atoms with E-state index in [1.54, 1.807) is 6.08 Å². The fourth-order valence-electron chi connectivity index (χ4n) is 0.325. The summed E-state index contributed by atoms with van der Waals surface area (Å²) in [5, 5.41) is 8.51. The molecule has 1 nitrogen and oxygen atoms in total. The van der Waals surface area contributed by atoms with Gasteiger partial charge in [0, 0.05) is 0 Å².